The van der Waals surface area contributed by atoms with E-state index in [1.165, 1.54) is 16.3 Å². The fourth-order valence-electron chi connectivity index (χ4n) is 4.41. The Morgan fingerprint density at radius 2 is 1.53 bits per heavy atom. The molecule has 0 atom stereocenters. The highest BCUT2D eigenvalue weighted by Gasteiger charge is 2.24. The van der Waals surface area contributed by atoms with Gasteiger partial charge in [-0.2, -0.15) is 0 Å². The fraction of sp³-hybridized carbons (Fsp3) is 0.207. The van der Waals surface area contributed by atoms with Crippen molar-refractivity contribution in [3.05, 3.63) is 96.2 Å². The maximum Gasteiger partial charge on any atom is 0.144 e. The molecule has 0 bridgehead atoms. The summed E-state index contributed by atoms with van der Waals surface area (Å²) in [6, 6.07) is 28.0. The summed E-state index contributed by atoms with van der Waals surface area (Å²) in [6.45, 7) is 11.6. The zero-order chi connectivity index (χ0) is 22.5. The van der Waals surface area contributed by atoms with E-state index in [2.05, 4.69) is 112 Å². The number of aromatic nitrogens is 1. The molecule has 2 aromatic heterocycles. The number of benzene rings is 3. The van der Waals surface area contributed by atoms with Gasteiger partial charge < -0.3 is 4.42 Å². The van der Waals surface area contributed by atoms with Crippen LogP contribution in [0.5, 0.6) is 0 Å². The van der Waals surface area contributed by atoms with Crippen LogP contribution in [0.2, 0.25) is 19.6 Å². The van der Waals surface area contributed by atoms with Gasteiger partial charge in [-0.1, -0.05) is 94.2 Å². The largest absolute Gasteiger partial charge is 0.455 e. The number of furan rings is 1. The van der Waals surface area contributed by atoms with Crippen molar-refractivity contribution in [1.29, 1.82) is 0 Å². The lowest BCUT2D eigenvalue weighted by Gasteiger charge is -2.26. The highest BCUT2D eigenvalue weighted by molar-refractivity contribution is 6.88. The van der Waals surface area contributed by atoms with Crippen molar-refractivity contribution in [3.8, 4) is 11.3 Å². The lowest BCUT2D eigenvalue weighted by molar-refractivity contribution is 0.633. The molecule has 0 spiro atoms. The predicted octanol–water partition coefficient (Wildman–Crippen LogP) is 7.52. The summed E-state index contributed by atoms with van der Waals surface area (Å²) in [7, 11) is -1.38. The molecule has 0 aliphatic carbocycles. The Hall–Kier alpha value is -3.17. The van der Waals surface area contributed by atoms with Crippen molar-refractivity contribution in [2.75, 3.05) is 0 Å². The molecule has 0 fully saturated rings. The molecular weight excluding hydrogens is 406 g/mol. The van der Waals surface area contributed by atoms with Gasteiger partial charge >= 0.3 is 0 Å². The van der Waals surface area contributed by atoms with Gasteiger partial charge in [0.15, 0.2) is 0 Å². The molecule has 160 valence electrons. The monoisotopic (exact) mass is 435 g/mol. The summed E-state index contributed by atoms with van der Waals surface area (Å²) < 4.78 is 6.48. The van der Waals surface area contributed by atoms with Crippen LogP contribution in [0.15, 0.2) is 89.5 Å². The normalized spacial score (nSPS) is 12.5. The number of hydrogen-bond acceptors (Lipinski definition) is 2. The van der Waals surface area contributed by atoms with Gasteiger partial charge in [0, 0.05) is 27.9 Å². The molecule has 2 nitrogen and oxygen atoms in total. The predicted molar refractivity (Wildman–Crippen MR) is 139 cm³/mol. The third-order valence-electron chi connectivity index (χ3n) is 6.62. The number of rotatable bonds is 4. The first-order valence-electron chi connectivity index (χ1n) is 11.2. The van der Waals surface area contributed by atoms with E-state index < -0.39 is 8.07 Å². The minimum absolute atomic E-state index is 0.106. The van der Waals surface area contributed by atoms with Crippen LogP contribution >= 0.6 is 0 Å². The maximum atomic E-state index is 6.48. The average molecular weight is 436 g/mol. The third-order valence-corrected chi connectivity index (χ3v) is 8.65. The Bertz CT molecular complexity index is 1410. The molecule has 0 saturated carbocycles. The molecule has 0 saturated heterocycles. The lowest BCUT2D eigenvalue weighted by Crippen LogP contribution is -2.37. The number of fused-ring (bicyclic) bond motifs is 3. The van der Waals surface area contributed by atoms with Crippen LogP contribution in [0.3, 0.4) is 0 Å². The Morgan fingerprint density at radius 3 is 2.22 bits per heavy atom. The van der Waals surface area contributed by atoms with Crippen LogP contribution in [0.4, 0.5) is 0 Å². The molecule has 0 N–H and O–H groups in total. The molecular formula is C29H29NOSi. The van der Waals surface area contributed by atoms with Gasteiger partial charge in [-0.15, -0.1) is 0 Å². The van der Waals surface area contributed by atoms with E-state index in [1.54, 1.807) is 0 Å². The van der Waals surface area contributed by atoms with Gasteiger partial charge in [0.2, 0.25) is 0 Å². The van der Waals surface area contributed by atoms with Gasteiger partial charge in [0.1, 0.15) is 11.2 Å². The van der Waals surface area contributed by atoms with Crippen LogP contribution in [-0.2, 0) is 5.41 Å². The summed E-state index contributed by atoms with van der Waals surface area (Å²) in [4.78, 5) is 4.81. The van der Waals surface area contributed by atoms with E-state index in [0.29, 0.717) is 0 Å². The molecule has 0 amide bonds. The first-order valence-corrected chi connectivity index (χ1v) is 14.7. The standard InChI is InChI=1S/C29H29NOSi/c1-29(2,20-10-7-6-8-11-20)21-14-16-23-24-12-9-13-25(28(24)31-27(23)18-21)26-17-15-22(19-30-26)32(3,4)5/h6-19H,1-5H3. The molecule has 3 aromatic carbocycles. The van der Waals surface area contributed by atoms with E-state index in [1.807, 2.05) is 6.20 Å². The van der Waals surface area contributed by atoms with Crippen LogP contribution in [0.1, 0.15) is 25.0 Å². The smallest absolute Gasteiger partial charge is 0.144 e. The van der Waals surface area contributed by atoms with Crippen molar-refractivity contribution in [3.63, 3.8) is 0 Å². The highest BCUT2D eigenvalue weighted by Crippen LogP contribution is 2.38. The second kappa shape index (κ2) is 7.46. The van der Waals surface area contributed by atoms with Crippen molar-refractivity contribution in [1.82, 2.24) is 4.98 Å². The number of hydrogen-bond donors (Lipinski definition) is 0. The topological polar surface area (TPSA) is 26.0 Å². The van der Waals surface area contributed by atoms with E-state index in [-0.39, 0.29) is 5.41 Å². The van der Waals surface area contributed by atoms with Gasteiger partial charge in [-0.3, -0.25) is 4.98 Å². The van der Waals surface area contributed by atoms with E-state index in [9.17, 15) is 0 Å². The molecule has 32 heavy (non-hydrogen) atoms. The lowest BCUT2D eigenvalue weighted by atomic mass is 9.78. The Balaban J connectivity index is 1.63. The average Bonchev–Trinajstić information content (AvgIpc) is 3.17. The van der Waals surface area contributed by atoms with Gasteiger partial charge in [-0.05, 0) is 34.5 Å². The van der Waals surface area contributed by atoms with Crippen molar-refractivity contribution >= 4 is 35.2 Å². The minimum Gasteiger partial charge on any atom is -0.455 e. The summed E-state index contributed by atoms with van der Waals surface area (Å²) in [5.74, 6) is 0. The zero-order valence-electron chi connectivity index (χ0n) is 19.4. The van der Waals surface area contributed by atoms with Crippen LogP contribution in [0, 0.1) is 0 Å². The highest BCUT2D eigenvalue weighted by atomic mass is 28.3. The molecule has 5 rings (SSSR count). The summed E-state index contributed by atoms with van der Waals surface area (Å²) in [5, 5.41) is 3.65. The van der Waals surface area contributed by atoms with E-state index >= 15 is 0 Å². The van der Waals surface area contributed by atoms with Crippen LogP contribution < -0.4 is 5.19 Å². The Kier molecular flexibility index (Phi) is 4.83. The first-order chi connectivity index (χ1) is 15.2. The molecule has 3 heteroatoms. The van der Waals surface area contributed by atoms with Crippen molar-refractivity contribution in [2.24, 2.45) is 0 Å². The minimum atomic E-state index is -1.38. The van der Waals surface area contributed by atoms with Gasteiger partial charge in [0.25, 0.3) is 0 Å². The van der Waals surface area contributed by atoms with Crippen molar-refractivity contribution in [2.45, 2.75) is 38.9 Å². The molecule has 0 radical (unpaired) electrons. The van der Waals surface area contributed by atoms with E-state index in [4.69, 9.17) is 9.40 Å². The Labute approximate surface area is 190 Å². The summed E-state index contributed by atoms with van der Waals surface area (Å²) in [5.41, 5.74) is 6.27. The molecule has 0 aliphatic heterocycles. The first kappa shape index (κ1) is 20.7. The second-order valence-corrected chi connectivity index (χ2v) is 15.2. The summed E-state index contributed by atoms with van der Waals surface area (Å²) in [6.07, 6.45) is 2.05. The quantitative estimate of drug-likeness (QED) is 0.273. The Morgan fingerprint density at radius 1 is 0.750 bits per heavy atom. The molecule has 0 aliphatic rings. The van der Waals surface area contributed by atoms with Gasteiger partial charge in [0.05, 0.1) is 13.8 Å². The van der Waals surface area contributed by atoms with Crippen LogP contribution in [0.25, 0.3) is 33.2 Å². The number of nitrogens with zero attached hydrogens (tertiary/aromatic N) is 1. The molecule has 0 unspecified atom stereocenters. The van der Waals surface area contributed by atoms with Crippen LogP contribution in [-0.4, -0.2) is 13.1 Å². The molecule has 2 heterocycles. The number of pyridine rings is 1. The second-order valence-electron chi connectivity index (χ2n) is 10.2. The maximum absolute atomic E-state index is 6.48. The van der Waals surface area contributed by atoms with E-state index in [0.717, 1.165) is 33.2 Å². The molecule has 5 aromatic rings. The summed E-state index contributed by atoms with van der Waals surface area (Å²) >= 11 is 0. The SMILES string of the molecule is CC(C)(c1ccccc1)c1ccc2c(c1)oc1c(-c3ccc([Si](C)(C)C)cn3)cccc12. The van der Waals surface area contributed by atoms with Crippen molar-refractivity contribution < 1.29 is 4.42 Å². The zero-order valence-corrected chi connectivity index (χ0v) is 20.4. The van der Waals surface area contributed by atoms with Gasteiger partial charge in [-0.25, -0.2) is 0 Å². The number of para-hydroxylation sites is 1. The fourth-order valence-corrected chi connectivity index (χ4v) is 5.44. The third kappa shape index (κ3) is 3.47.